The van der Waals surface area contributed by atoms with Gasteiger partial charge in [0.1, 0.15) is 18.2 Å². The van der Waals surface area contributed by atoms with Crippen LogP contribution in [0.25, 0.3) is 10.8 Å². The maximum Gasteiger partial charge on any atom is 0.318 e. The van der Waals surface area contributed by atoms with Crippen molar-refractivity contribution in [2.24, 2.45) is 0 Å². The topological polar surface area (TPSA) is 85.3 Å². The molecule has 3 aliphatic heterocycles. The van der Waals surface area contributed by atoms with E-state index in [2.05, 4.69) is 34.3 Å². The molecule has 2 aromatic carbocycles. The Labute approximate surface area is 235 Å². The molecule has 0 saturated carbocycles. The van der Waals surface area contributed by atoms with Crippen LogP contribution >= 0.6 is 0 Å². The predicted molar refractivity (Wildman–Crippen MR) is 157 cm³/mol. The number of anilines is 2. The second-order valence-electron chi connectivity index (χ2n) is 10.9. The maximum atomic E-state index is 12.2. The Kier molecular flexibility index (Phi) is 7.47. The minimum absolute atomic E-state index is 0.0283. The summed E-state index contributed by atoms with van der Waals surface area (Å²) in [6, 6.07) is 12.6. The first-order valence-corrected chi connectivity index (χ1v) is 14.4. The maximum absolute atomic E-state index is 12.2. The molecule has 0 radical (unpaired) electrons. The number of benzene rings is 2. The Morgan fingerprint density at radius 3 is 2.73 bits per heavy atom. The summed E-state index contributed by atoms with van der Waals surface area (Å²) >= 11 is 0. The summed E-state index contributed by atoms with van der Waals surface area (Å²) < 4.78 is 6.30. The van der Waals surface area contributed by atoms with Crippen molar-refractivity contribution in [3.63, 3.8) is 0 Å². The van der Waals surface area contributed by atoms with Crippen molar-refractivity contribution in [1.29, 1.82) is 0 Å². The number of nitrogens with zero attached hydrogens (tertiary/aromatic N) is 6. The highest BCUT2D eigenvalue weighted by atomic mass is 16.5. The lowest BCUT2D eigenvalue weighted by molar-refractivity contribution is -0.126. The quantitative estimate of drug-likeness (QED) is 0.454. The molecule has 0 bridgehead atoms. The van der Waals surface area contributed by atoms with Gasteiger partial charge in [-0.25, -0.2) is 0 Å². The number of amides is 1. The van der Waals surface area contributed by atoms with Crippen LogP contribution < -0.4 is 14.5 Å². The van der Waals surface area contributed by atoms with E-state index in [4.69, 9.17) is 14.7 Å². The van der Waals surface area contributed by atoms with E-state index >= 15 is 0 Å². The van der Waals surface area contributed by atoms with Gasteiger partial charge in [0.2, 0.25) is 5.91 Å². The van der Waals surface area contributed by atoms with Crippen molar-refractivity contribution in [3.05, 3.63) is 60.3 Å². The molecule has 0 unspecified atom stereocenters. The monoisotopic (exact) mass is 542 g/mol. The fraction of sp³-hybridized carbons (Fsp3) is 0.452. The summed E-state index contributed by atoms with van der Waals surface area (Å²) in [6.45, 7) is 12.6. The molecular weight excluding hydrogens is 504 g/mol. The first kappa shape index (κ1) is 26.4. The van der Waals surface area contributed by atoms with Gasteiger partial charge in [-0.2, -0.15) is 9.97 Å². The van der Waals surface area contributed by atoms with Gasteiger partial charge < -0.3 is 24.5 Å². The molecule has 3 aromatic rings. The summed E-state index contributed by atoms with van der Waals surface area (Å²) in [5, 5.41) is 12.6. The van der Waals surface area contributed by atoms with Gasteiger partial charge in [0.25, 0.3) is 0 Å². The number of aromatic hydroxyl groups is 1. The number of hydrogen-bond donors (Lipinski definition) is 1. The molecule has 9 nitrogen and oxygen atoms in total. The van der Waals surface area contributed by atoms with Crippen LogP contribution in [0, 0.1) is 0 Å². The van der Waals surface area contributed by atoms with E-state index in [0.29, 0.717) is 51.4 Å². The first-order chi connectivity index (χ1) is 19.5. The molecule has 4 heterocycles. The molecule has 210 valence electrons. The highest BCUT2D eigenvalue weighted by molar-refractivity contribution is 5.95. The van der Waals surface area contributed by atoms with Crippen LogP contribution in [-0.2, 0) is 17.8 Å². The number of carbonyl (C=O) groups excluding carboxylic acids is 1. The first-order valence-electron chi connectivity index (χ1n) is 14.4. The van der Waals surface area contributed by atoms with Crippen molar-refractivity contribution < 1.29 is 14.6 Å². The Bertz CT molecular complexity index is 1400. The second kappa shape index (κ2) is 11.3. The largest absolute Gasteiger partial charge is 0.508 e. The number of piperazine rings is 1. The summed E-state index contributed by atoms with van der Waals surface area (Å²) in [5.74, 6) is 1.15. The molecule has 6 rings (SSSR count). The van der Waals surface area contributed by atoms with Crippen molar-refractivity contribution >= 4 is 28.2 Å². The number of rotatable bonds is 7. The molecule has 1 amide bonds. The normalized spacial score (nSPS) is 19.6. The standard InChI is InChI=1S/C31H38N6O3/c1-3-29(39)35-14-16-36(17-15-35)30-26-11-13-37(28-19-24(38)18-22-8-5-6-10-25(22)28)20-27(26)32-31(33-30)40-21-23-9-7-12-34(23)4-2/h3,5-6,8,10,18-19,23,38H,1,4,7,9,11-17,20-21H2,2H3/t23-/m0/s1. The number of likely N-dealkylation sites (tertiary alicyclic amines) is 1. The van der Waals surface area contributed by atoms with Gasteiger partial charge >= 0.3 is 6.01 Å². The second-order valence-corrected chi connectivity index (χ2v) is 10.9. The fourth-order valence-electron chi connectivity index (χ4n) is 6.40. The Balaban J connectivity index is 1.31. The van der Waals surface area contributed by atoms with Crippen molar-refractivity contribution in [3.8, 4) is 11.8 Å². The molecular formula is C31H38N6O3. The van der Waals surface area contributed by atoms with Gasteiger partial charge in [-0.3, -0.25) is 9.69 Å². The summed E-state index contributed by atoms with van der Waals surface area (Å²) in [6.07, 6.45) is 4.49. The van der Waals surface area contributed by atoms with Crippen LogP contribution in [0.4, 0.5) is 11.5 Å². The summed E-state index contributed by atoms with van der Waals surface area (Å²) in [4.78, 5) is 30.9. The van der Waals surface area contributed by atoms with E-state index in [1.54, 1.807) is 0 Å². The third kappa shape index (κ3) is 5.18. The van der Waals surface area contributed by atoms with Crippen LogP contribution in [0.3, 0.4) is 0 Å². The Morgan fingerprint density at radius 2 is 1.93 bits per heavy atom. The third-order valence-corrected chi connectivity index (χ3v) is 8.56. The minimum atomic E-state index is -0.0283. The lowest BCUT2D eigenvalue weighted by Crippen LogP contribution is -2.49. The molecule has 9 heteroatoms. The van der Waals surface area contributed by atoms with Gasteiger partial charge in [0, 0.05) is 61.5 Å². The number of ether oxygens (including phenoxy) is 1. The van der Waals surface area contributed by atoms with E-state index in [-0.39, 0.29) is 11.7 Å². The third-order valence-electron chi connectivity index (χ3n) is 8.56. The van der Waals surface area contributed by atoms with E-state index in [9.17, 15) is 9.90 Å². The molecule has 1 aromatic heterocycles. The zero-order chi connectivity index (χ0) is 27.6. The van der Waals surface area contributed by atoms with Gasteiger partial charge in [-0.05, 0) is 49.9 Å². The molecule has 1 N–H and O–H groups in total. The molecule has 2 fully saturated rings. The molecule has 0 aliphatic carbocycles. The lowest BCUT2D eigenvalue weighted by atomic mass is 10.0. The summed E-state index contributed by atoms with van der Waals surface area (Å²) in [5.41, 5.74) is 3.11. The minimum Gasteiger partial charge on any atom is -0.508 e. The molecule has 40 heavy (non-hydrogen) atoms. The molecule has 3 aliphatic rings. The highest BCUT2D eigenvalue weighted by Crippen LogP contribution is 2.36. The number of carbonyl (C=O) groups is 1. The average Bonchev–Trinajstić information content (AvgIpc) is 3.46. The van der Waals surface area contributed by atoms with Crippen LogP contribution in [0.15, 0.2) is 49.1 Å². The van der Waals surface area contributed by atoms with Crippen molar-refractivity contribution in [1.82, 2.24) is 19.8 Å². The lowest BCUT2D eigenvalue weighted by Gasteiger charge is -2.38. The van der Waals surface area contributed by atoms with Crippen molar-refractivity contribution in [2.75, 3.05) is 62.2 Å². The van der Waals surface area contributed by atoms with E-state index in [0.717, 1.165) is 66.0 Å². The van der Waals surface area contributed by atoms with Gasteiger partial charge in [-0.1, -0.05) is 37.8 Å². The zero-order valence-electron chi connectivity index (χ0n) is 23.3. The molecule has 1 atom stereocenters. The van der Waals surface area contributed by atoms with E-state index < -0.39 is 0 Å². The van der Waals surface area contributed by atoms with E-state index in [1.165, 1.54) is 12.5 Å². The van der Waals surface area contributed by atoms with Crippen LogP contribution in [0.5, 0.6) is 11.8 Å². The Morgan fingerprint density at radius 1 is 1.10 bits per heavy atom. The number of hydrogen-bond acceptors (Lipinski definition) is 8. The van der Waals surface area contributed by atoms with E-state index in [1.807, 2.05) is 35.2 Å². The molecule has 2 saturated heterocycles. The van der Waals surface area contributed by atoms with Gasteiger partial charge in [0.05, 0.1) is 12.2 Å². The fourth-order valence-corrected chi connectivity index (χ4v) is 6.40. The summed E-state index contributed by atoms with van der Waals surface area (Å²) in [7, 11) is 0. The van der Waals surface area contributed by atoms with Crippen LogP contribution in [0.2, 0.25) is 0 Å². The van der Waals surface area contributed by atoms with Crippen molar-refractivity contribution in [2.45, 2.75) is 38.8 Å². The van der Waals surface area contributed by atoms with Crippen LogP contribution in [0.1, 0.15) is 31.0 Å². The smallest absolute Gasteiger partial charge is 0.318 e. The number of aromatic nitrogens is 2. The number of likely N-dealkylation sites (N-methyl/N-ethyl adjacent to an activating group) is 1. The van der Waals surface area contributed by atoms with Crippen LogP contribution in [-0.4, -0.2) is 89.2 Å². The van der Waals surface area contributed by atoms with Gasteiger partial charge in [0.15, 0.2) is 0 Å². The van der Waals surface area contributed by atoms with Gasteiger partial charge in [-0.15, -0.1) is 0 Å². The SMILES string of the molecule is C=CC(=O)N1CCN(c2nc(OC[C@@H]3CCCN3CC)nc3c2CCN(c2cc(O)cc4ccccc24)C3)CC1. The average molecular weight is 543 g/mol. The number of phenolic OH excluding ortho intramolecular Hbond substituents is 1. The highest BCUT2D eigenvalue weighted by Gasteiger charge is 2.30. The Hall–Kier alpha value is -3.85. The molecule has 0 spiro atoms. The predicted octanol–water partition coefficient (Wildman–Crippen LogP) is 3.60. The number of phenols is 1. The number of fused-ring (bicyclic) bond motifs is 2. The zero-order valence-corrected chi connectivity index (χ0v) is 23.3.